The molecule has 6 nitrogen and oxygen atoms in total. The molecule has 0 N–H and O–H groups in total. The van der Waals surface area contributed by atoms with Crippen LogP contribution in [-0.4, -0.2) is 51.0 Å². The summed E-state index contributed by atoms with van der Waals surface area (Å²) >= 11 is 0. The van der Waals surface area contributed by atoms with E-state index in [0.29, 0.717) is 38.3 Å². The van der Waals surface area contributed by atoms with Gasteiger partial charge in [-0.2, -0.15) is 5.10 Å². The summed E-state index contributed by atoms with van der Waals surface area (Å²) in [7, 11) is 1.75. The fourth-order valence-corrected chi connectivity index (χ4v) is 3.01. The maximum Gasteiger partial charge on any atom is 0.272 e. The van der Waals surface area contributed by atoms with Gasteiger partial charge < -0.3 is 9.80 Å². The Labute approximate surface area is 141 Å². The third kappa shape index (κ3) is 3.48. The Bertz CT molecular complexity index is 753. The maximum atomic E-state index is 12.6. The van der Waals surface area contributed by atoms with Crippen molar-refractivity contribution in [1.82, 2.24) is 19.6 Å². The van der Waals surface area contributed by atoms with Crippen LogP contribution in [0.15, 0.2) is 36.5 Å². The molecular weight excluding hydrogens is 304 g/mol. The van der Waals surface area contributed by atoms with E-state index in [4.69, 9.17) is 0 Å². The van der Waals surface area contributed by atoms with Gasteiger partial charge in [-0.15, -0.1) is 0 Å². The number of rotatable bonds is 3. The number of aromatic nitrogens is 2. The van der Waals surface area contributed by atoms with Crippen LogP contribution < -0.4 is 0 Å². The summed E-state index contributed by atoms with van der Waals surface area (Å²) in [5.41, 5.74) is 2.85. The van der Waals surface area contributed by atoms with Gasteiger partial charge in [0.1, 0.15) is 5.69 Å². The molecule has 3 rings (SSSR count). The van der Waals surface area contributed by atoms with Crippen molar-refractivity contribution in [3.05, 3.63) is 53.3 Å². The second kappa shape index (κ2) is 6.86. The molecule has 1 aliphatic rings. The first kappa shape index (κ1) is 16.2. The molecule has 1 aliphatic heterocycles. The first-order valence-electron chi connectivity index (χ1n) is 8.15. The smallest absolute Gasteiger partial charge is 0.272 e. The van der Waals surface area contributed by atoms with E-state index in [1.807, 2.05) is 30.0 Å². The Balaban J connectivity index is 1.68. The zero-order valence-corrected chi connectivity index (χ0v) is 14.1. The first-order valence-corrected chi connectivity index (χ1v) is 8.15. The van der Waals surface area contributed by atoms with Gasteiger partial charge in [-0.25, -0.2) is 0 Å². The van der Waals surface area contributed by atoms with Crippen molar-refractivity contribution >= 4 is 11.8 Å². The number of amides is 2. The molecule has 1 aromatic heterocycles. The molecule has 1 fully saturated rings. The van der Waals surface area contributed by atoms with Crippen LogP contribution in [0.5, 0.6) is 0 Å². The second-order valence-electron chi connectivity index (χ2n) is 6.19. The number of carbonyl (C=O) groups excluding carboxylic acids is 2. The van der Waals surface area contributed by atoms with Crippen LogP contribution in [-0.2, 0) is 18.4 Å². The average molecular weight is 326 g/mol. The van der Waals surface area contributed by atoms with E-state index in [-0.39, 0.29) is 11.8 Å². The maximum absolute atomic E-state index is 12.6. The highest BCUT2D eigenvalue weighted by molar-refractivity contribution is 5.93. The van der Waals surface area contributed by atoms with Crippen molar-refractivity contribution < 1.29 is 9.59 Å². The lowest BCUT2D eigenvalue weighted by Crippen LogP contribution is -2.36. The molecule has 0 radical (unpaired) electrons. The zero-order valence-electron chi connectivity index (χ0n) is 14.1. The highest BCUT2D eigenvalue weighted by Crippen LogP contribution is 2.13. The van der Waals surface area contributed by atoms with Crippen molar-refractivity contribution in [2.45, 2.75) is 19.9 Å². The van der Waals surface area contributed by atoms with Crippen LogP contribution in [0.4, 0.5) is 0 Å². The Morgan fingerprint density at radius 1 is 1.21 bits per heavy atom. The summed E-state index contributed by atoms with van der Waals surface area (Å²) in [5, 5.41) is 4.04. The van der Waals surface area contributed by atoms with E-state index in [2.05, 4.69) is 11.2 Å². The quantitative estimate of drug-likeness (QED) is 0.861. The lowest BCUT2D eigenvalue weighted by atomic mass is 10.1. The van der Waals surface area contributed by atoms with Crippen LogP contribution in [0.25, 0.3) is 0 Å². The molecule has 2 amide bonds. The van der Waals surface area contributed by atoms with Crippen LogP contribution in [0.2, 0.25) is 0 Å². The summed E-state index contributed by atoms with van der Waals surface area (Å²) in [6.07, 6.45) is 1.97. The molecule has 0 saturated carbocycles. The monoisotopic (exact) mass is 326 g/mol. The molecule has 6 heteroatoms. The van der Waals surface area contributed by atoms with Gasteiger partial charge in [-0.05, 0) is 18.6 Å². The third-order valence-electron chi connectivity index (χ3n) is 4.37. The molecule has 126 valence electrons. The van der Waals surface area contributed by atoms with E-state index in [1.54, 1.807) is 28.9 Å². The summed E-state index contributed by atoms with van der Waals surface area (Å²) in [6.45, 7) is 4.18. The van der Waals surface area contributed by atoms with E-state index in [0.717, 1.165) is 5.56 Å². The van der Waals surface area contributed by atoms with Crippen molar-refractivity contribution in [2.24, 2.45) is 7.05 Å². The zero-order chi connectivity index (χ0) is 17.1. The van der Waals surface area contributed by atoms with Gasteiger partial charge in [-0.1, -0.05) is 29.8 Å². The fraction of sp³-hybridized carbons (Fsp3) is 0.389. The summed E-state index contributed by atoms with van der Waals surface area (Å²) in [6, 6.07) is 9.88. The van der Waals surface area contributed by atoms with Gasteiger partial charge in [0.05, 0.1) is 0 Å². The topological polar surface area (TPSA) is 58.4 Å². The van der Waals surface area contributed by atoms with Crippen molar-refractivity contribution in [2.75, 3.05) is 19.6 Å². The van der Waals surface area contributed by atoms with Gasteiger partial charge in [0.15, 0.2) is 0 Å². The summed E-state index contributed by atoms with van der Waals surface area (Å²) in [4.78, 5) is 28.6. The van der Waals surface area contributed by atoms with Gasteiger partial charge in [0.2, 0.25) is 5.91 Å². The number of hydrogen-bond acceptors (Lipinski definition) is 3. The fourth-order valence-electron chi connectivity index (χ4n) is 3.01. The molecule has 0 bridgehead atoms. The predicted molar refractivity (Wildman–Crippen MR) is 90.3 cm³/mol. The number of nitrogens with zero attached hydrogens (tertiary/aromatic N) is 4. The van der Waals surface area contributed by atoms with Gasteiger partial charge in [0.25, 0.3) is 5.91 Å². The van der Waals surface area contributed by atoms with Crippen LogP contribution >= 0.6 is 0 Å². The van der Waals surface area contributed by atoms with Gasteiger partial charge in [-0.3, -0.25) is 14.3 Å². The molecule has 2 aromatic rings. The van der Waals surface area contributed by atoms with E-state index in [1.165, 1.54) is 5.56 Å². The number of benzene rings is 1. The Morgan fingerprint density at radius 2 is 2.04 bits per heavy atom. The van der Waals surface area contributed by atoms with Crippen molar-refractivity contribution in [3.63, 3.8) is 0 Å². The molecule has 0 aliphatic carbocycles. The third-order valence-corrected chi connectivity index (χ3v) is 4.37. The van der Waals surface area contributed by atoms with E-state index in [9.17, 15) is 9.59 Å². The lowest BCUT2D eigenvalue weighted by molar-refractivity contribution is -0.130. The molecule has 1 saturated heterocycles. The normalized spacial score (nSPS) is 15.5. The molecule has 2 heterocycles. The number of hydrogen-bond donors (Lipinski definition) is 0. The van der Waals surface area contributed by atoms with E-state index >= 15 is 0 Å². The average Bonchev–Trinajstić information content (AvgIpc) is 2.90. The Morgan fingerprint density at radius 3 is 2.75 bits per heavy atom. The molecule has 24 heavy (non-hydrogen) atoms. The highest BCUT2D eigenvalue weighted by Gasteiger charge is 2.25. The Hall–Kier alpha value is -2.63. The minimum atomic E-state index is -0.0693. The minimum Gasteiger partial charge on any atom is -0.337 e. The van der Waals surface area contributed by atoms with Crippen molar-refractivity contribution in [1.29, 1.82) is 0 Å². The molecule has 0 spiro atoms. The first-order chi connectivity index (χ1) is 11.5. The van der Waals surface area contributed by atoms with Crippen molar-refractivity contribution in [3.8, 4) is 0 Å². The summed E-state index contributed by atoms with van der Waals surface area (Å²) in [5.74, 6) is 0.0250. The predicted octanol–water partition coefficient (Wildman–Crippen LogP) is 1.60. The second-order valence-corrected chi connectivity index (χ2v) is 6.19. The largest absolute Gasteiger partial charge is 0.337 e. The molecule has 0 atom stereocenters. The molecular formula is C18H22N4O2. The lowest BCUT2D eigenvalue weighted by Gasteiger charge is -2.22. The Kier molecular flexibility index (Phi) is 4.64. The molecule has 1 aromatic carbocycles. The van der Waals surface area contributed by atoms with Gasteiger partial charge >= 0.3 is 0 Å². The minimum absolute atomic E-state index is 0.0693. The van der Waals surface area contributed by atoms with Crippen LogP contribution in [0.3, 0.4) is 0 Å². The number of aryl methyl sites for hydroxylation is 2. The van der Waals surface area contributed by atoms with Crippen LogP contribution in [0.1, 0.15) is 28.0 Å². The number of carbonyl (C=O) groups is 2. The molecule has 0 unspecified atom stereocenters. The van der Waals surface area contributed by atoms with Gasteiger partial charge in [0, 0.05) is 45.8 Å². The standard InChI is InChI=1S/C18H22N4O2/c1-14-4-3-5-15(12-14)13-22-11-10-21(9-7-17(22)23)18(24)16-6-8-19-20(16)2/h3-6,8,12H,7,9-11,13H2,1-2H3. The SMILES string of the molecule is Cc1cccc(CN2CCN(C(=O)c3ccnn3C)CCC2=O)c1. The van der Waals surface area contributed by atoms with E-state index < -0.39 is 0 Å². The summed E-state index contributed by atoms with van der Waals surface area (Å²) < 4.78 is 1.57. The highest BCUT2D eigenvalue weighted by atomic mass is 16.2. The van der Waals surface area contributed by atoms with Crippen LogP contribution in [0, 0.1) is 6.92 Å².